The van der Waals surface area contributed by atoms with Crippen LogP contribution in [-0.2, 0) is 0 Å². The highest BCUT2D eigenvalue weighted by atomic mass is 15.5. The van der Waals surface area contributed by atoms with E-state index in [-0.39, 0.29) is 0 Å². The molecule has 0 saturated carbocycles. The normalized spacial score (nSPS) is 17.4. The van der Waals surface area contributed by atoms with Gasteiger partial charge < -0.3 is 11.2 Å². The van der Waals surface area contributed by atoms with Gasteiger partial charge in [-0.05, 0) is 25.0 Å². The van der Waals surface area contributed by atoms with Gasteiger partial charge in [0.05, 0.1) is 23.1 Å². The van der Waals surface area contributed by atoms with Gasteiger partial charge in [0.2, 0.25) is 0 Å². The lowest BCUT2D eigenvalue weighted by Gasteiger charge is -2.28. The fourth-order valence-corrected chi connectivity index (χ4v) is 2.28. The second-order valence-electron chi connectivity index (χ2n) is 4.56. The lowest BCUT2D eigenvalue weighted by Crippen LogP contribution is -2.35. The van der Waals surface area contributed by atoms with Crippen LogP contribution in [-0.4, -0.2) is 28.3 Å². The van der Waals surface area contributed by atoms with E-state index in [0.29, 0.717) is 0 Å². The Morgan fingerprint density at radius 3 is 2.88 bits per heavy atom. The number of benzene rings is 1. The number of H-pyrrole nitrogens is 1. The maximum Gasteiger partial charge on any atom is 0.0741 e. The van der Waals surface area contributed by atoms with Crippen molar-refractivity contribution in [2.75, 3.05) is 24.2 Å². The molecule has 5 heteroatoms. The van der Waals surface area contributed by atoms with Crippen LogP contribution in [0.4, 0.5) is 11.4 Å². The zero-order valence-corrected chi connectivity index (χ0v) is 9.74. The maximum absolute atomic E-state index is 6.03. The van der Waals surface area contributed by atoms with Crippen molar-refractivity contribution in [3.8, 4) is 0 Å². The second-order valence-corrected chi connectivity index (χ2v) is 4.56. The van der Waals surface area contributed by atoms with Crippen LogP contribution in [0.1, 0.15) is 19.3 Å². The highest BCUT2D eigenvalue weighted by molar-refractivity contribution is 5.88. The Hall–Kier alpha value is -1.75. The Morgan fingerprint density at radius 2 is 2.06 bits per heavy atom. The first-order valence-electron chi connectivity index (χ1n) is 6.07. The van der Waals surface area contributed by atoms with Crippen molar-refractivity contribution < 1.29 is 0 Å². The van der Waals surface area contributed by atoms with Crippen LogP contribution in [0.25, 0.3) is 10.9 Å². The molecule has 0 amide bonds. The number of fused-ring (bicyclic) bond motifs is 1. The molecule has 0 aliphatic carbocycles. The largest absolute Gasteiger partial charge is 0.397 e. The molecule has 2 heterocycles. The first kappa shape index (κ1) is 10.4. The number of nitrogens with one attached hydrogen (secondary N) is 2. The van der Waals surface area contributed by atoms with E-state index in [1.54, 1.807) is 6.20 Å². The summed E-state index contributed by atoms with van der Waals surface area (Å²) in [7, 11) is 0. The number of anilines is 2. The third-order valence-electron chi connectivity index (χ3n) is 3.24. The number of nitrogens with zero attached hydrogens (tertiary/aromatic N) is 2. The molecule has 0 unspecified atom stereocenters. The van der Waals surface area contributed by atoms with Gasteiger partial charge in [0.25, 0.3) is 0 Å². The molecule has 0 bridgehead atoms. The summed E-state index contributed by atoms with van der Waals surface area (Å²) in [6.45, 7) is 2.17. The number of nitrogen functional groups attached to an aromatic ring is 1. The molecule has 0 radical (unpaired) electrons. The van der Waals surface area contributed by atoms with E-state index in [1.807, 2.05) is 12.1 Å². The molecule has 0 atom stereocenters. The van der Waals surface area contributed by atoms with Gasteiger partial charge in [-0.3, -0.25) is 5.10 Å². The number of aromatic nitrogens is 2. The Kier molecular flexibility index (Phi) is 2.60. The molecular weight excluding hydrogens is 214 g/mol. The van der Waals surface area contributed by atoms with E-state index >= 15 is 0 Å². The molecule has 1 aromatic heterocycles. The third-order valence-corrected chi connectivity index (χ3v) is 3.24. The first-order chi connectivity index (χ1) is 8.33. The van der Waals surface area contributed by atoms with E-state index in [9.17, 15) is 0 Å². The van der Waals surface area contributed by atoms with Gasteiger partial charge in [-0.2, -0.15) is 5.10 Å². The molecule has 3 rings (SSSR count). The second kappa shape index (κ2) is 4.25. The summed E-state index contributed by atoms with van der Waals surface area (Å²) in [4.78, 5) is 0. The highest BCUT2D eigenvalue weighted by Gasteiger charge is 2.11. The van der Waals surface area contributed by atoms with Crippen molar-refractivity contribution in [1.82, 2.24) is 15.2 Å². The molecular formula is C12H17N5. The molecule has 1 aliphatic rings. The minimum atomic E-state index is 0.768. The van der Waals surface area contributed by atoms with Crippen molar-refractivity contribution in [2.45, 2.75) is 19.3 Å². The van der Waals surface area contributed by atoms with Crippen LogP contribution in [0.2, 0.25) is 0 Å². The van der Waals surface area contributed by atoms with Crippen LogP contribution in [0.3, 0.4) is 0 Å². The van der Waals surface area contributed by atoms with Crippen LogP contribution >= 0.6 is 0 Å². The predicted molar refractivity (Wildman–Crippen MR) is 69.6 cm³/mol. The Labute approximate surface area is 99.9 Å². The van der Waals surface area contributed by atoms with E-state index < -0.39 is 0 Å². The van der Waals surface area contributed by atoms with Gasteiger partial charge in [-0.15, -0.1) is 0 Å². The standard InChI is InChI=1S/C12H17N5/c13-10-6-9-8-14-15-11(9)7-12(10)16-17-4-2-1-3-5-17/h6-8,16H,1-5,13H2,(H,14,15). The van der Waals surface area contributed by atoms with Crippen molar-refractivity contribution in [2.24, 2.45) is 0 Å². The number of aromatic amines is 1. The maximum atomic E-state index is 6.03. The monoisotopic (exact) mass is 231 g/mol. The van der Waals surface area contributed by atoms with Crippen molar-refractivity contribution >= 4 is 22.3 Å². The number of hydrazine groups is 1. The smallest absolute Gasteiger partial charge is 0.0741 e. The minimum Gasteiger partial charge on any atom is -0.397 e. The summed E-state index contributed by atoms with van der Waals surface area (Å²) in [6, 6.07) is 3.97. The zero-order valence-electron chi connectivity index (χ0n) is 9.74. The molecule has 5 nitrogen and oxygen atoms in total. The van der Waals surface area contributed by atoms with Crippen LogP contribution in [0.5, 0.6) is 0 Å². The van der Waals surface area contributed by atoms with Gasteiger partial charge in [0, 0.05) is 18.5 Å². The molecule has 17 heavy (non-hydrogen) atoms. The molecule has 4 N–H and O–H groups in total. The van der Waals surface area contributed by atoms with E-state index in [4.69, 9.17) is 5.73 Å². The molecule has 1 aromatic carbocycles. The van der Waals surface area contributed by atoms with Crippen LogP contribution < -0.4 is 11.2 Å². The van der Waals surface area contributed by atoms with Gasteiger partial charge in [0.15, 0.2) is 0 Å². The predicted octanol–water partition coefficient (Wildman–Crippen LogP) is 1.96. The summed E-state index contributed by atoms with van der Waals surface area (Å²) < 4.78 is 0. The van der Waals surface area contributed by atoms with Crippen LogP contribution in [0.15, 0.2) is 18.3 Å². The van der Waals surface area contributed by atoms with E-state index in [0.717, 1.165) is 35.4 Å². The van der Waals surface area contributed by atoms with E-state index in [2.05, 4.69) is 20.6 Å². The average molecular weight is 231 g/mol. The van der Waals surface area contributed by atoms with Crippen LogP contribution in [0, 0.1) is 0 Å². The third kappa shape index (κ3) is 2.06. The summed E-state index contributed by atoms with van der Waals surface area (Å²) in [5, 5.41) is 10.3. The Bertz CT molecular complexity index is 513. The molecule has 90 valence electrons. The van der Waals surface area contributed by atoms with E-state index in [1.165, 1.54) is 19.3 Å². The van der Waals surface area contributed by atoms with Crippen molar-refractivity contribution in [3.05, 3.63) is 18.3 Å². The number of hydrogen-bond acceptors (Lipinski definition) is 4. The molecule has 0 spiro atoms. The average Bonchev–Trinajstić information content (AvgIpc) is 2.78. The van der Waals surface area contributed by atoms with Gasteiger partial charge in [0.1, 0.15) is 0 Å². The van der Waals surface area contributed by atoms with Gasteiger partial charge >= 0.3 is 0 Å². The SMILES string of the molecule is Nc1cc2cn[nH]c2cc1NN1CCCCC1. The van der Waals surface area contributed by atoms with Crippen molar-refractivity contribution in [1.29, 1.82) is 0 Å². The number of piperidine rings is 1. The first-order valence-corrected chi connectivity index (χ1v) is 6.07. The lowest BCUT2D eigenvalue weighted by atomic mass is 10.1. The fourth-order valence-electron chi connectivity index (χ4n) is 2.28. The Balaban J connectivity index is 1.85. The topological polar surface area (TPSA) is 70.0 Å². The summed E-state index contributed by atoms with van der Waals surface area (Å²) >= 11 is 0. The van der Waals surface area contributed by atoms with Crippen molar-refractivity contribution in [3.63, 3.8) is 0 Å². The van der Waals surface area contributed by atoms with Gasteiger partial charge in [-0.1, -0.05) is 6.42 Å². The fraction of sp³-hybridized carbons (Fsp3) is 0.417. The molecule has 1 saturated heterocycles. The highest BCUT2D eigenvalue weighted by Crippen LogP contribution is 2.25. The molecule has 1 fully saturated rings. The van der Waals surface area contributed by atoms with Gasteiger partial charge in [-0.25, -0.2) is 5.01 Å². The number of rotatable bonds is 2. The summed E-state index contributed by atoms with van der Waals surface area (Å²) in [6.07, 6.45) is 5.61. The number of hydrogen-bond donors (Lipinski definition) is 3. The zero-order chi connectivity index (χ0) is 11.7. The Morgan fingerprint density at radius 1 is 1.24 bits per heavy atom. The number of nitrogens with two attached hydrogens (primary N) is 1. The molecule has 1 aliphatic heterocycles. The summed E-state index contributed by atoms with van der Waals surface area (Å²) in [5.41, 5.74) is 12.2. The lowest BCUT2D eigenvalue weighted by molar-refractivity contribution is 0.273. The summed E-state index contributed by atoms with van der Waals surface area (Å²) in [5.74, 6) is 0. The quantitative estimate of drug-likeness (QED) is 0.691. The molecule has 2 aromatic rings. The minimum absolute atomic E-state index is 0.768.